The lowest BCUT2D eigenvalue weighted by Crippen LogP contribution is -2.26. The van der Waals surface area contributed by atoms with Gasteiger partial charge in [0.25, 0.3) is 5.69 Å². The number of nitrogens with two attached hydrogens (primary N) is 1. The summed E-state index contributed by atoms with van der Waals surface area (Å²) in [5.74, 6) is 0.401. The zero-order valence-corrected chi connectivity index (χ0v) is 8.75. The molecule has 0 saturated carbocycles. The van der Waals surface area contributed by atoms with Gasteiger partial charge in [-0.2, -0.15) is 5.26 Å². The molecule has 0 radical (unpaired) electrons. The smallest absolute Gasteiger partial charge is 0.289 e. The van der Waals surface area contributed by atoms with Crippen molar-refractivity contribution in [1.29, 1.82) is 5.26 Å². The summed E-state index contributed by atoms with van der Waals surface area (Å²) in [5, 5.41) is 19.4. The van der Waals surface area contributed by atoms with E-state index in [4.69, 9.17) is 11.0 Å². The summed E-state index contributed by atoms with van der Waals surface area (Å²) in [4.78, 5) is 15.5. The Bertz CT molecular complexity index is 440. The van der Waals surface area contributed by atoms with E-state index >= 15 is 0 Å². The molecule has 0 fully saturated rings. The maximum absolute atomic E-state index is 10.5. The molecular weight excluding hydrogens is 210 g/mol. The Balaban J connectivity index is 3.12. The zero-order chi connectivity index (χ0) is 12.1. The molecule has 0 amide bonds. The van der Waals surface area contributed by atoms with E-state index in [0.717, 1.165) is 6.20 Å². The van der Waals surface area contributed by atoms with Crippen molar-refractivity contribution in [3.8, 4) is 6.07 Å². The molecule has 1 heterocycles. The molecule has 1 aromatic heterocycles. The van der Waals surface area contributed by atoms with Crippen LogP contribution < -0.4 is 10.6 Å². The van der Waals surface area contributed by atoms with Gasteiger partial charge in [-0.3, -0.25) is 10.1 Å². The summed E-state index contributed by atoms with van der Waals surface area (Å²) < 4.78 is 0. The Kier molecular flexibility index (Phi) is 3.74. The third-order valence-electron chi connectivity index (χ3n) is 2.01. The summed E-state index contributed by atoms with van der Waals surface area (Å²) in [7, 11) is 1.72. The molecular formula is C9H11N5O2. The number of anilines is 1. The van der Waals surface area contributed by atoms with Crippen molar-refractivity contribution in [3.63, 3.8) is 0 Å². The topological polar surface area (TPSA) is 109 Å². The number of nitrogens with zero attached hydrogens (tertiary/aromatic N) is 4. The predicted octanol–water partition coefficient (Wildman–Crippen LogP) is 0.256. The fraction of sp³-hybridized carbons (Fsp3) is 0.333. The van der Waals surface area contributed by atoms with Gasteiger partial charge in [0, 0.05) is 26.2 Å². The average Bonchev–Trinajstić information content (AvgIpc) is 2.28. The van der Waals surface area contributed by atoms with E-state index in [9.17, 15) is 10.1 Å². The molecule has 1 aromatic rings. The van der Waals surface area contributed by atoms with Crippen molar-refractivity contribution in [2.75, 3.05) is 25.0 Å². The second kappa shape index (κ2) is 5.04. The molecule has 0 aliphatic carbocycles. The number of aromatic nitrogens is 1. The number of rotatable bonds is 4. The molecule has 0 aliphatic heterocycles. The Hall–Kier alpha value is -2.20. The number of likely N-dealkylation sites (N-methyl/N-ethyl adjacent to an activating group) is 1. The molecule has 0 aromatic carbocycles. The van der Waals surface area contributed by atoms with Crippen molar-refractivity contribution in [2.24, 2.45) is 5.73 Å². The third kappa shape index (κ3) is 2.43. The molecule has 2 N–H and O–H groups in total. The van der Waals surface area contributed by atoms with E-state index in [2.05, 4.69) is 4.98 Å². The minimum Gasteiger partial charge on any atom is -0.357 e. The van der Waals surface area contributed by atoms with Gasteiger partial charge in [0.05, 0.1) is 4.92 Å². The second-order valence-electron chi connectivity index (χ2n) is 3.14. The summed E-state index contributed by atoms with van der Waals surface area (Å²) >= 11 is 0. The van der Waals surface area contributed by atoms with E-state index in [1.54, 1.807) is 11.9 Å². The Morgan fingerprint density at radius 1 is 1.75 bits per heavy atom. The van der Waals surface area contributed by atoms with Crippen LogP contribution in [0.4, 0.5) is 11.5 Å². The minimum atomic E-state index is -0.583. The lowest BCUT2D eigenvalue weighted by molar-refractivity contribution is -0.385. The maximum Gasteiger partial charge on any atom is 0.289 e. The van der Waals surface area contributed by atoms with Crippen LogP contribution in [0.3, 0.4) is 0 Å². The number of hydrogen-bond donors (Lipinski definition) is 1. The number of pyridine rings is 1. The van der Waals surface area contributed by atoms with Crippen molar-refractivity contribution in [1.82, 2.24) is 4.98 Å². The lowest BCUT2D eigenvalue weighted by Gasteiger charge is -2.17. The Labute approximate surface area is 92.3 Å². The first kappa shape index (κ1) is 11.9. The largest absolute Gasteiger partial charge is 0.357 e. The normalized spacial score (nSPS) is 9.56. The van der Waals surface area contributed by atoms with Gasteiger partial charge in [-0.1, -0.05) is 0 Å². The van der Waals surface area contributed by atoms with Crippen LogP contribution in [-0.4, -0.2) is 30.0 Å². The van der Waals surface area contributed by atoms with Crippen LogP contribution in [0.15, 0.2) is 12.3 Å². The van der Waals surface area contributed by atoms with Crippen molar-refractivity contribution >= 4 is 11.5 Å². The zero-order valence-electron chi connectivity index (χ0n) is 8.75. The highest BCUT2D eigenvalue weighted by molar-refractivity contribution is 5.56. The summed E-state index contributed by atoms with van der Waals surface area (Å²) in [6, 6.07) is 3.08. The first-order valence-electron chi connectivity index (χ1n) is 4.56. The van der Waals surface area contributed by atoms with E-state index in [1.165, 1.54) is 6.07 Å². The number of hydrogen-bond acceptors (Lipinski definition) is 6. The number of nitriles is 1. The molecule has 84 valence electrons. The van der Waals surface area contributed by atoms with Crippen molar-refractivity contribution in [3.05, 3.63) is 27.9 Å². The third-order valence-corrected chi connectivity index (χ3v) is 2.01. The van der Waals surface area contributed by atoms with Crippen LogP contribution in [0.25, 0.3) is 0 Å². The van der Waals surface area contributed by atoms with Gasteiger partial charge in [-0.25, -0.2) is 4.98 Å². The standard InChI is InChI=1S/C9H11N5O2/c1-13(3-2-10)9-7(5-11)4-8(6-12-9)14(15)16/h4,6H,2-3,10H2,1H3. The van der Waals surface area contributed by atoms with Crippen molar-refractivity contribution in [2.45, 2.75) is 0 Å². The van der Waals surface area contributed by atoms with E-state index in [0.29, 0.717) is 18.9 Å². The minimum absolute atomic E-state index is 0.171. The quantitative estimate of drug-likeness (QED) is 0.576. The SMILES string of the molecule is CN(CCN)c1ncc([N+](=O)[O-])cc1C#N. The maximum atomic E-state index is 10.5. The fourth-order valence-corrected chi connectivity index (χ4v) is 1.23. The van der Waals surface area contributed by atoms with Crippen molar-refractivity contribution < 1.29 is 4.92 Å². The molecule has 0 saturated heterocycles. The lowest BCUT2D eigenvalue weighted by atomic mass is 10.2. The first-order valence-corrected chi connectivity index (χ1v) is 4.56. The van der Waals surface area contributed by atoms with Gasteiger partial charge < -0.3 is 10.6 Å². The number of nitro groups is 1. The fourth-order valence-electron chi connectivity index (χ4n) is 1.23. The molecule has 0 unspecified atom stereocenters. The van der Waals surface area contributed by atoms with Crippen LogP contribution >= 0.6 is 0 Å². The van der Waals surface area contributed by atoms with Crippen LogP contribution in [0.5, 0.6) is 0 Å². The highest BCUT2D eigenvalue weighted by atomic mass is 16.6. The highest BCUT2D eigenvalue weighted by Crippen LogP contribution is 2.20. The van der Waals surface area contributed by atoms with Gasteiger partial charge in [-0.15, -0.1) is 0 Å². The molecule has 7 nitrogen and oxygen atoms in total. The summed E-state index contributed by atoms with van der Waals surface area (Å²) in [6.45, 7) is 0.944. The summed E-state index contributed by atoms with van der Waals surface area (Å²) in [6.07, 6.45) is 1.13. The average molecular weight is 221 g/mol. The Morgan fingerprint density at radius 2 is 2.44 bits per heavy atom. The highest BCUT2D eigenvalue weighted by Gasteiger charge is 2.14. The second-order valence-corrected chi connectivity index (χ2v) is 3.14. The van der Waals surface area contributed by atoms with Crippen LogP contribution in [-0.2, 0) is 0 Å². The van der Waals surface area contributed by atoms with Gasteiger partial charge in [-0.05, 0) is 0 Å². The van der Waals surface area contributed by atoms with Gasteiger partial charge in [0.1, 0.15) is 23.6 Å². The van der Waals surface area contributed by atoms with Crippen LogP contribution in [0.1, 0.15) is 5.56 Å². The Morgan fingerprint density at radius 3 is 2.94 bits per heavy atom. The predicted molar refractivity (Wildman–Crippen MR) is 57.9 cm³/mol. The molecule has 0 spiro atoms. The van der Waals surface area contributed by atoms with E-state index < -0.39 is 4.92 Å². The molecule has 16 heavy (non-hydrogen) atoms. The van der Waals surface area contributed by atoms with E-state index in [1.807, 2.05) is 6.07 Å². The van der Waals surface area contributed by atoms with E-state index in [-0.39, 0.29) is 11.3 Å². The monoisotopic (exact) mass is 221 g/mol. The molecule has 0 aliphatic rings. The summed E-state index contributed by atoms with van der Waals surface area (Å²) in [5.41, 5.74) is 5.35. The van der Waals surface area contributed by atoms with Gasteiger partial charge in [0.2, 0.25) is 0 Å². The van der Waals surface area contributed by atoms with Crippen LogP contribution in [0, 0.1) is 21.4 Å². The molecule has 7 heteroatoms. The molecule has 0 atom stereocenters. The molecule has 0 bridgehead atoms. The molecule has 1 rings (SSSR count). The van der Waals surface area contributed by atoms with Gasteiger partial charge in [0.15, 0.2) is 0 Å². The van der Waals surface area contributed by atoms with Gasteiger partial charge >= 0.3 is 0 Å². The first-order chi connectivity index (χ1) is 7.60. The van der Waals surface area contributed by atoms with Crippen LogP contribution in [0.2, 0.25) is 0 Å².